The van der Waals surface area contributed by atoms with Crippen LogP contribution in [-0.2, 0) is 6.54 Å². The lowest BCUT2D eigenvalue weighted by Crippen LogP contribution is -2.29. The number of thiazole rings is 1. The molecule has 0 aliphatic carbocycles. The third kappa shape index (κ3) is 3.99. The normalized spacial score (nSPS) is 15.0. The number of hydrogen-bond acceptors (Lipinski definition) is 5. The molecule has 0 saturated carbocycles. The molecule has 2 heterocycles. The van der Waals surface area contributed by atoms with E-state index < -0.39 is 0 Å². The second kappa shape index (κ2) is 7.61. The summed E-state index contributed by atoms with van der Waals surface area (Å²) in [5, 5.41) is 9.75. The van der Waals surface area contributed by atoms with Crippen molar-refractivity contribution in [2.24, 2.45) is 0 Å². The van der Waals surface area contributed by atoms with Crippen molar-refractivity contribution >= 4 is 27.8 Å². The molecule has 0 unspecified atom stereocenters. The fraction of sp³-hybridized carbons (Fsp3) is 0.471. The van der Waals surface area contributed by atoms with E-state index in [1.54, 1.807) is 11.3 Å². The van der Waals surface area contributed by atoms with Gasteiger partial charge < -0.3 is 15.5 Å². The maximum Gasteiger partial charge on any atom is 0.187 e. The fourth-order valence-electron chi connectivity index (χ4n) is 2.73. The van der Waals surface area contributed by atoms with Crippen LogP contribution in [0.3, 0.4) is 0 Å². The van der Waals surface area contributed by atoms with Crippen LogP contribution in [0.15, 0.2) is 29.6 Å². The minimum atomic E-state index is 0.836. The summed E-state index contributed by atoms with van der Waals surface area (Å²) >= 11 is 1.65. The van der Waals surface area contributed by atoms with Crippen LogP contribution in [0.2, 0.25) is 0 Å². The monoisotopic (exact) mass is 316 g/mol. The zero-order valence-electron chi connectivity index (χ0n) is 13.1. The van der Waals surface area contributed by atoms with E-state index in [-0.39, 0.29) is 0 Å². The first kappa shape index (κ1) is 15.3. The molecule has 0 spiro atoms. The smallest absolute Gasteiger partial charge is 0.187 e. The van der Waals surface area contributed by atoms with Gasteiger partial charge in [0.1, 0.15) is 0 Å². The van der Waals surface area contributed by atoms with Gasteiger partial charge in [-0.3, -0.25) is 0 Å². The van der Waals surface area contributed by atoms with Crippen molar-refractivity contribution in [3.8, 4) is 0 Å². The molecule has 1 fully saturated rings. The van der Waals surface area contributed by atoms with Gasteiger partial charge in [0.2, 0.25) is 0 Å². The van der Waals surface area contributed by atoms with Gasteiger partial charge in [0, 0.05) is 36.4 Å². The van der Waals surface area contributed by atoms with Crippen LogP contribution in [0, 0.1) is 0 Å². The number of anilines is 3. The summed E-state index contributed by atoms with van der Waals surface area (Å²) in [5.74, 6) is 0. The SMILES string of the molecule is CCNCc1csc(Nc2ccc(N3CCCCC3)cc2)n1. The molecule has 0 bridgehead atoms. The number of hydrogen-bond donors (Lipinski definition) is 2. The van der Waals surface area contributed by atoms with Crippen LogP contribution in [0.4, 0.5) is 16.5 Å². The van der Waals surface area contributed by atoms with Crippen molar-refractivity contribution in [1.82, 2.24) is 10.3 Å². The van der Waals surface area contributed by atoms with Crippen molar-refractivity contribution in [2.75, 3.05) is 29.9 Å². The zero-order chi connectivity index (χ0) is 15.2. The summed E-state index contributed by atoms with van der Waals surface area (Å²) in [5.41, 5.74) is 3.53. The van der Waals surface area contributed by atoms with Crippen LogP contribution in [0.5, 0.6) is 0 Å². The minimum absolute atomic E-state index is 0.836. The Labute approximate surface area is 136 Å². The van der Waals surface area contributed by atoms with Gasteiger partial charge in [-0.1, -0.05) is 6.92 Å². The van der Waals surface area contributed by atoms with Crippen molar-refractivity contribution < 1.29 is 0 Å². The Kier molecular flexibility index (Phi) is 5.29. The predicted octanol–water partition coefficient (Wildman–Crippen LogP) is 3.99. The molecule has 0 amide bonds. The lowest BCUT2D eigenvalue weighted by Gasteiger charge is -2.28. The first-order valence-electron chi connectivity index (χ1n) is 8.12. The molecule has 1 saturated heterocycles. The molecule has 1 aromatic heterocycles. The number of rotatable bonds is 6. The van der Waals surface area contributed by atoms with Crippen LogP contribution in [-0.4, -0.2) is 24.6 Å². The number of piperidine rings is 1. The average Bonchev–Trinajstić information content (AvgIpc) is 3.02. The molecule has 5 heteroatoms. The fourth-order valence-corrected chi connectivity index (χ4v) is 3.46. The Bertz CT molecular complexity index is 573. The lowest BCUT2D eigenvalue weighted by atomic mass is 10.1. The molecule has 0 radical (unpaired) electrons. The first-order chi connectivity index (χ1) is 10.8. The van der Waals surface area contributed by atoms with E-state index in [9.17, 15) is 0 Å². The predicted molar refractivity (Wildman–Crippen MR) is 95.3 cm³/mol. The van der Waals surface area contributed by atoms with E-state index >= 15 is 0 Å². The molecular weight excluding hydrogens is 292 g/mol. The average molecular weight is 316 g/mol. The van der Waals surface area contributed by atoms with Crippen molar-refractivity contribution in [2.45, 2.75) is 32.7 Å². The molecule has 22 heavy (non-hydrogen) atoms. The van der Waals surface area contributed by atoms with Crippen molar-refractivity contribution in [3.63, 3.8) is 0 Å². The van der Waals surface area contributed by atoms with E-state index in [1.165, 1.54) is 38.0 Å². The molecule has 1 aliphatic rings. The molecule has 1 aliphatic heterocycles. The molecule has 4 nitrogen and oxygen atoms in total. The zero-order valence-corrected chi connectivity index (χ0v) is 14.0. The quantitative estimate of drug-likeness (QED) is 0.845. The Morgan fingerprint density at radius 2 is 1.91 bits per heavy atom. The highest BCUT2D eigenvalue weighted by molar-refractivity contribution is 7.13. The Morgan fingerprint density at radius 3 is 2.64 bits per heavy atom. The van der Waals surface area contributed by atoms with Gasteiger partial charge in [0.15, 0.2) is 5.13 Å². The summed E-state index contributed by atoms with van der Waals surface area (Å²) in [4.78, 5) is 7.07. The van der Waals surface area contributed by atoms with Crippen LogP contribution in [0.1, 0.15) is 31.9 Å². The van der Waals surface area contributed by atoms with Crippen LogP contribution < -0.4 is 15.5 Å². The Balaban J connectivity index is 1.59. The molecule has 2 N–H and O–H groups in total. The molecule has 1 aromatic carbocycles. The Hall–Kier alpha value is -1.59. The highest BCUT2D eigenvalue weighted by Crippen LogP contribution is 2.25. The van der Waals surface area contributed by atoms with E-state index in [4.69, 9.17) is 0 Å². The van der Waals surface area contributed by atoms with Gasteiger partial charge in [-0.25, -0.2) is 4.98 Å². The van der Waals surface area contributed by atoms with E-state index in [0.29, 0.717) is 0 Å². The van der Waals surface area contributed by atoms with Crippen molar-refractivity contribution in [3.05, 3.63) is 35.3 Å². The molecular formula is C17H24N4S. The highest BCUT2D eigenvalue weighted by atomic mass is 32.1. The summed E-state index contributed by atoms with van der Waals surface area (Å²) in [6.45, 7) is 6.29. The van der Waals surface area contributed by atoms with E-state index in [1.807, 2.05) is 0 Å². The van der Waals surface area contributed by atoms with E-state index in [0.717, 1.165) is 29.6 Å². The summed E-state index contributed by atoms with van der Waals surface area (Å²) in [7, 11) is 0. The van der Waals surface area contributed by atoms with Crippen LogP contribution in [0.25, 0.3) is 0 Å². The van der Waals surface area contributed by atoms with Crippen LogP contribution >= 0.6 is 11.3 Å². The van der Waals surface area contributed by atoms with Gasteiger partial charge in [-0.05, 0) is 50.1 Å². The number of benzene rings is 1. The molecule has 3 rings (SSSR count). The van der Waals surface area contributed by atoms with E-state index in [2.05, 4.69) is 57.1 Å². The highest BCUT2D eigenvalue weighted by Gasteiger charge is 2.10. The summed E-state index contributed by atoms with van der Waals surface area (Å²) in [6.07, 6.45) is 4.00. The van der Waals surface area contributed by atoms with Gasteiger partial charge in [0.25, 0.3) is 0 Å². The second-order valence-electron chi connectivity index (χ2n) is 5.64. The maximum absolute atomic E-state index is 4.59. The first-order valence-corrected chi connectivity index (χ1v) is 9.00. The maximum atomic E-state index is 4.59. The summed E-state index contributed by atoms with van der Waals surface area (Å²) in [6, 6.07) is 8.71. The number of nitrogens with zero attached hydrogens (tertiary/aromatic N) is 2. The van der Waals surface area contributed by atoms with Gasteiger partial charge in [-0.15, -0.1) is 11.3 Å². The lowest BCUT2D eigenvalue weighted by molar-refractivity contribution is 0.578. The van der Waals surface area contributed by atoms with Gasteiger partial charge in [-0.2, -0.15) is 0 Å². The standard InChI is InChI=1S/C17H24N4S/c1-2-18-12-15-13-22-17(20-15)19-14-6-8-16(9-7-14)21-10-4-3-5-11-21/h6-9,13,18H,2-5,10-12H2,1H3,(H,19,20). The third-order valence-corrected chi connectivity index (χ3v) is 4.75. The molecule has 2 aromatic rings. The van der Waals surface area contributed by atoms with Gasteiger partial charge >= 0.3 is 0 Å². The third-order valence-electron chi connectivity index (χ3n) is 3.95. The Morgan fingerprint density at radius 1 is 1.14 bits per heavy atom. The number of nitrogens with one attached hydrogen (secondary N) is 2. The summed E-state index contributed by atoms with van der Waals surface area (Å²) < 4.78 is 0. The molecule has 0 atom stereocenters. The largest absolute Gasteiger partial charge is 0.372 e. The molecule has 118 valence electrons. The minimum Gasteiger partial charge on any atom is -0.372 e. The van der Waals surface area contributed by atoms with Gasteiger partial charge in [0.05, 0.1) is 5.69 Å². The van der Waals surface area contributed by atoms with Crippen molar-refractivity contribution in [1.29, 1.82) is 0 Å². The number of aromatic nitrogens is 1. The topological polar surface area (TPSA) is 40.2 Å². The second-order valence-corrected chi connectivity index (χ2v) is 6.50.